The van der Waals surface area contributed by atoms with Gasteiger partial charge in [-0.2, -0.15) is 5.10 Å². The Hall–Kier alpha value is -3.62. The number of benzene rings is 2. The summed E-state index contributed by atoms with van der Waals surface area (Å²) < 4.78 is 11.3. The summed E-state index contributed by atoms with van der Waals surface area (Å²) in [4.78, 5) is 22.2. The van der Waals surface area contributed by atoms with E-state index in [0.29, 0.717) is 11.5 Å². The molecule has 0 heterocycles. The van der Waals surface area contributed by atoms with Gasteiger partial charge in [0.25, 0.3) is 5.69 Å². The van der Waals surface area contributed by atoms with Gasteiger partial charge in [0.05, 0.1) is 11.1 Å². The Kier molecular flexibility index (Phi) is 8.21. The lowest BCUT2D eigenvalue weighted by Gasteiger charge is -2.22. The number of nitro benzene ring substituents is 1. The van der Waals surface area contributed by atoms with Crippen LogP contribution in [0, 0.1) is 10.1 Å². The Balaban J connectivity index is 1.43. The molecule has 0 aliphatic heterocycles. The van der Waals surface area contributed by atoms with Crippen molar-refractivity contribution in [3.05, 3.63) is 64.2 Å². The first-order valence-corrected chi connectivity index (χ1v) is 10.3. The van der Waals surface area contributed by atoms with Crippen molar-refractivity contribution in [3.63, 3.8) is 0 Å². The van der Waals surface area contributed by atoms with Crippen LogP contribution in [-0.2, 0) is 0 Å². The first-order valence-electron chi connectivity index (χ1n) is 10.3. The molecule has 0 atom stereocenters. The predicted octanol–water partition coefficient (Wildman–Crippen LogP) is 4.02. The smallest absolute Gasteiger partial charge is 0.335 e. The number of hydrogen-bond donors (Lipinski definition) is 2. The van der Waals surface area contributed by atoms with E-state index < -0.39 is 4.92 Å². The molecule has 0 bridgehead atoms. The highest BCUT2D eigenvalue weighted by molar-refractivity contribution is 5.84. The van der Waals surface area contributed by atoms with Crippen LogP contribution in [0.4, 0.5) is 10.5 Å². The average molecular weight is 426 g/mol. The molecule has 9 nitrogen and oxygen atoms in total. The number of rotatable bonds is 9. The van der Waals surface area contributed by atoms with Crippen LogP contribution in [-0.4, -0.2) is 36.4 Å². The van der Waals surface area contributed by atoms with E-state index in [1.165, 1.54) is 24.8 Å². The van der Waals surface area contributed by atoms with E-state index in [-0.39, 0.29) is 31.0 Å². The maximum atomic E-state index is 12.0. The van der Waals surface area contributed by atoms with Crippen LogP contribution >= 0.6 is 0 Å². The van der Waals surface area contributed by atoms with Gasteiger partial charge >= 0.3 is 6.03 Å². The number of nitrogens with one attached hydrogen (secondary N) is 2. The van der Waals surface area contributed by atoms with E-state index >= 15 is 0 Å². The van der Waals surface area contributed by atoms with E-state index in [9.17, 15) is 14.9 Å². The monoisotopic (exact) mass is 426 g/mol. The van der Waals surface area contributed by atoms with Crippen molar-refractivity contribution in [2.75, 3.05) is 13.2 Å². The van der Waals surface area contributed by atoms with E-state index in [4.69, 9.17) is 9.47 Å². The SMILES string of the molecule is O=C(NN=Cc1ccccc1OCCOc1ccc([N+](=O)[O-])cc1)NC1CCCCC1. The van der Waals surface area contributed by atoms with E-state index in [0.717, 1.165) is 31.2 Å². The Labute approximate surface area is 180 Å². The van der Waals surface area contributed by atoms with Crippen molar-refractivity contribution in [1.29, 1.82) is 0 Å². The lowest BCUT2D eigenvalue weighted by molar-refractivity contribution is -0.384. The summed E-state index contributed by atoms with van der Waals surface area (Å²) >= 11 is 0. The third-order valence-electron chi connectivity index (χ3n) is 4.89. The van der Waals surface area contributed by atoms with Crippen molar-refractivity contribution < 1.29 is 19.2 Å². The van der Waals surface area contributed by atoms with Crippen LogP contribution in [0.2, 0.25) is 0 Å². The molecule has 1 saturated carbocycles. The number of carbonyl (C=O) groups is 1. The number of nitro groups is 1. The molecule has 2 N–H and O–H groups in total. The summed E-state index contributed by atoms with van der Waals surface area (Å²) in [6.45, 7) is 0.544. The van der Waals surface area contributed by atoms with E-state index in [1.54, 1.807) is 18.2 Å². The Morgan fingerprint density at radius 1 is 1.06 bits per heavy atom. The number of non-ortho nitro benzene ring substituents is 1. The number of amides is 2. The summed E-state index contributed by atoms with van der Waals surface area (Å²) in [5.74, 6) is 1.13. The van der Waals surface area contributed by atoms with Crippen molar-refractivity contribution in [3.8, 4) is 11.5 Å². The molecule has 0 saturated heterocycles. The van der Waals surface area contributed by atoms with Gasteiger partial charge in [-0.1, -0.05) is 31.4 Å². The fraction of sp³-hybridized carbons (Fsp3) is 0.364. The highest BCUT2D eigenvalue weighted by atomic mass is 16.6. The Bertz CT molecular complexity index is 895. The molecule has 1 fully saturated rings. The van der Waals surface area contributed by atoms with E-state index in [1.807, 2.05) is 18.2 Å². The van der Waals surface area contributed by atoms with Gasteiger partial charge in [0.1, 0.15) is 24.7 Å². The molecule has 164 valence electrons. The first-order chi connectivity index (χ1) is 15.1. The maximum Gasteiger partial charge on any atom is 0.335 e. The van der Waals surface area contributed by atoms with Crippen LogP contribution in [0.1, 0.15) is 37.7 Å². The molecule has 0 radical (unpaired) electrons. The zero-order valence-electron chi connectivity index (χ0n) is 17.2. The van der Waals surface area contributed by atoms with Gasteiger partial charge in [-0.05, 0) is 37.1 Å². The number of ether oxygens (including phenoxy) is 2. The van der Waals surface area contributed by atoms with Crippen molar-refractivity contribution in [2.24, 2.45) is 5.10 Å². The van der Waals surface area contributed by atoms with Gasteiger partial charge in [-0.3, -0.25) is 10.1 Å². The minimum absolute atomic E-state index is 0.0119. The number of nitrogens with zero attached hydrogens (tertiary/aromatic N) is 2. The standard InChI is InChI=1S/C22H26N4O5/c27-22(24-18-7-2-1-3-8-18)25-23-16-17-6-4-5-9-21(17)31-15-14-30-20-12-10-19(11-13-20)26(28)29/h4-6,9-13,16,18H,1-3,7-8,14-15H2,(H2,24,25,27). The fourth-order valence-electron chi connectivity index (χ4n) is 3.32. The van der Waals surface area contributed by atoms with Crippen LogP contribution in [0.15, 0.2) is 53.6 Å². The average Bonchev–Trinajstić information content (AvgIpc) is 2.78. The highest BCUT2D eigenvalue weighted by Crippen LogP contribution is 2.19. The largest absolute Gasteiger partial charge is 0.490 e. The number of carbonyl (C=O) groups excluding carboxylic acids is 1. The molecule has 3 rings (SSSR count). The second-order valence-electron chi connectivity index (χ2n) is 7.16. The molecule has 1 aliphatic carbocycles. The predicted molar refractivity (Wildman–Crippen MR) is 117 cm³/mol. The zero-order chi connectivity index (χ0) is 21.9. The summed E-state index contributed by atoms with van der Waals surface area (Å²) in [6.07, 6.45) is 7.08. The summed E-state index contributed by atoms with van der Waals surface area (Å²) in [7, 11) is 0. The number of para-hydroxylation sites is 1. The number of hydrazone groups is 1. The lowest BCUT2D eigenvalue weighted by Crippen LogP contribution is -2.41. The molecule has 0 spiro atoms. The summed E-state index contributed by atoms with van der Waals surface area (Å²) in [5.41, 5.74) is 3.23. The molecule has 31 heavy (non-hydrogen) atoms. The van der Waals surface area contributed by atoms with Crippen LogP contribution < -0.4 is 20.2 Å². The molecular formula is C22H26N4O5. The molecule has 1 aliphatic rings. The molecule has 2 aromatic rings. The van der Waals surface area contributed by atoms with Crippen LogP contribution in [0.3, 0.4) is 0 Å². The van der Waals surface area contributed by atoms with Gasteiger partial charge in [0.2, 0.25) is 0 Å². The second-order valence-corrected chi connectivity index (χ2v) is 7.16. The van der Waals surface area contributed by atoms with Crippen LogP contribution in [0.5, 0.6) is 11.5 Å². The quantitative estimate of drug-likeness (QED) is 0.272. The molecule has 0 unspecified atom stereocenters. The topological polar surface area (TPSA) is 115 Å². The van der Waals surface area contributed by atoms with Crippen molar-refractivity contribution in [2.45, 2.75) is 38.1 Å². The Morgan fingerprint density at radius 3 is 2.52 bits per heavy atom. The minimum atomic E-state index is -0.458. The molecule has 2 aromatic carbocycles. The van der Waals surface area contributed by atoms with Crippen molar-refractivity contribution in [1.82, 2.24) is 10.7 Å². The normalized spacial score (nSPS) is 14.2. The van der Waals surface area contributed by atoms with Crippen molar-refractivity contribution >= 4 is 17.9 Å². The van der Waals surface area contributed by atoms with Gasteiger partial charge in [0, 0.05) is 23.7 Å². The second kappa shape index (κ2) is 11.5. The molecule has 9 heteroatoms. The summed E-state index contributed by atoms with van der Waals surface area (Å²) in [6, 6.07) is 13.1. The maximum absolute atomic E-state index is 12.0. The van der Waals surface area contributed by atoms with E-state index in [2.05, 4.69) is 15.8 Å². The molecular weight excluding hydrogens is 400 g/mol. The first kappa shape index (κ1) is 22.1. The third kappa shape index (κ3) is 7.29. The summed E-state index contributed by atoms with van der Waals surface area (Å²) in [5, 5.41) is 17.6. The van der Waals surface area contributed by atoms with Gasteiger partial charge in [0.15, 0.2) is 0 Å². The minimum Gasteiger partial charge on any atom is -0.490 e. The molecule has 2 amide bonds. The lowest BCUT2D eigenvalue weighted by atomic mass is 9.96. The molecule has 0 aromatic heterocycles. The van der Waals surface area contributed by atoms with Crippen LogP contribution in [0.25, 0.3) is 0 Å². The zero-order valence-corrected chi connectivity index (χ0v) is 17.2. The van der Waals surface area contributed by atoms with Gasteiger partial charge < -0.3 is 14.8 Å². The number of hydrogen-bond acceptors (Lipinski definition) is 6. The Morgan fingerprint density at radius 2 is 1.77 bits per heavy atom. The van der Waals surface area contributed by atoms with Gasteiger partial charge in [-0.25, -0.2) is 10.2 Å². The van der Waals surface area contributed by atoms with Gasteiger partial charge in [-0.15, -0.1) is 0 Å². The third-order valence-corrected chi connectivity index (χ3v) is 4.89. The highest BCUT2D eigenvalue weighted by Gasteiger charge is 2.15. The number of urea groups is 1. The fourth-order valence-corrected chi connectivity index (χ4v) is 3.32.